The smallest absolute Gasteiger partial charge is 0.253 e. The predicted molar refractivity (Wildman–Crippen MR) is 116 cm³/mol. The highest BCUT2D eigenvalue weighted by molar-refractivity contribution is 5.95. The zero-order valence-corrected chi connectivity index (χ0v) is 17.3. The maximum atomic E-state index is 13.1. The quantitative estimate of drug-likeness (QED) is 0.785. The van der Waals surface area contributed by atoms with Crippen molar-refractivity contribution in [1.82, 2.24) is 4.90 Å². The molecule has 6 heteroatoms. The van der Waals surface area contributed by atoms with Gasteiger partial charge in [0, 0.05) is 37.0 Å². The first-order valence-electron chi connectivity index (χ1n) is 10.1. The molecule has 1 saturated carbocycles. The summed E-state index contributed by atoms with van der Waals surface area (Å²) in [4.78, 5) is 15.0. The van der Waals surface area contributed by atoms with Crippen molar-refractivity contribution in [3.05, 3.63) is 60.2 Å². The number of nitrogens with zero attached hydrogens (tertiary/aromatic N) is 1. The Bertz CT molecular complexity index is 822. The second-order valence-electron chi connectivity index (χ2n) is 7.87. The highest BCUT2D eigenvalue weighted by Gasteiger charge is 2.56. The van der Waals surface area contributed by atoms with Crippen LogP contribution in [0.2, 0.25) is 0 Å². The number of aliphatic hydroxyl groups is 1. The average Bonchev–Trinajstić information content (AvgIpc) is 2.77. The number of halogens is 1. The van der Waals surface area contributed by atoms with E-state index < -0.39 is 0 Å². The summed E-state index contributed by atoms with van der Waals surface area (Å²) in [6.45, 7) is 2.31. The lowest BCUT2D eigenvalue weighted by molar-refractivity contribution is -0.207. The van der Waals surface area contributed by atoms with Gasteiger partial charge >= 0.3 is 0 Å². The fourth-order valence-electron chi connectivity index (χ4n) is 4.60. The highest BCUT2D eigenvalue weighted by Crippen LogP contribution is 2.51. The number of ether oxygens (including phenoxy) is 1. The lowest BCUT2D eigenvalue weighted by Gasteiger charge is -2.56. The first kappa shape index (κ1) is 21.8. The number of aliphatic hydroxyl groups excluding tert-OH is 1. The second kappa shape index (κ2) is 9.26. The molecule has 29 heavy (non-hydrogen) atoms. The Hall–Kier alpha value is -1.92. The minimum atomic E-state index is -0.339. The molecule has 1 aliphatic heterocycles. The molecule has 3 N–H and O–H groups in total. The number of hydrogen-bond acceptors (Lipinski definition) is 4. The van der Waals surface area contributed by atoms with Crippen molar-refractivity contribution < 1.29 is 14.6 Å². The van der Waals surface area contributed by atoms with Gasteiger partial charge in [-0.3, -0.25) is 4.79 Å². The Balaban J connectivity index is 0.00000240. The molecule has 0 unspecified atom stereocenters. The normalized spacial score (nSPS) is 22.6. The number of piperidine rings is 1. The second-order valence-corrected chi connectivity index (χ2v) is 7.87. The summed E-state index contributed by atoms with van der Waals surface area (Å²) in [5, 5.41) is 10.4. The van der Waals surface area contributed by atoms with E-state index in [-0.39, 0.29) is 35.9 Å². The third kappa shape index (κ3) is 4.19. The molecule has 0 bridgehead atoms. The van der Waals surface area contributed by atoms with E-state index in [4.69, 9.17) is 10.5 Å². The van der Waals surface area contributed by atoms with Gasteiger partial charge in [0.1, 0.15) is 0 Å². The van der Waals surface area contributed by atoms with Gasteiger partial charge in [0.25, 0.3) is 5.91 Å². The van der Waals surface area contributed by atoms with Gasteiger partial charge in [-0.05, 0) is 36.1 Å². The van der Waals surface area contributed by atoms with E-state index in [0.29, 0.717) is 38.2 Å². The van der Waals surface area contributed by atoms with Crippen LogP contribution in [-0.4, -0.2) is 54.4 Å². The number of carbonyl (C=O) groups is 1. The predicted octanol–water partition coefficient (Wildman–Crippen LogP) is 3.11. The zero-order chi connectivity index (χ0) is 19.6. The fraction of sp³-hybridized carbons (Fsp3) is 0.435. The summed E-state index contributed by atoms with van der Waals surface area (Å²) in [5.74, 6) is 0.0564. The van der Waals surface area contributed by atoms with E-state index in [1.165, 1.54) is 0 Å². The minimum Gasteiger partial charge on any atom is -0.392 e. The number of amides is 1. The number of likely N-dealkylation sites (tertiary alicyclic amines) is 1. The highest BCUT2D eigenvalue weighted by atomic mass is 35.5. The van der Waals surface area contributed by atoms with Crippen LogP contribution in [0.25, 0.3) is 11.1 Å². The third-order valence-electron chi connectivity index (χ3n) is 6.38. The summed E-state index contributed by atoms with van der Waals surface area (Å²) >= 11 is 0. The molecule has 1 spiro atoms. The maximum absolute atomic E-state index is 13.1. The van der Waals surface area contributed by atoms with E-state index in [0.717, 1.165) is 24.0 Å². The van der Waals surface area contributed by atoms with Crippen molar-refractivity contribution in [2.75, 3.05) is 26.2 Å². The zero-order valence-electron chi connectivity index (χ0n) is 16.5. The largest absolute Gasteiger partial charge is 0.392 e. The molecule has 1 aliphatic carbocycles. The molecule has 1 saturated heterocycles. The first-order valence-corrected chi connectivity index (χ1v) is 10.1. The molecule has 0 aromatic heterocycles. The van der Waals surface area contributed by atoms with Crippen LogP contribution in [0.1, 0.15) is 29.6 Å². The molecule has 1 amide bonds. The van der Waals surface area contributed by atoms with E-state index in [1.54, 1.807) is 0 Å². The third-order valence-corrected chi connectivity index (χ3v) is 6.38. The van der Waals surface area contributed by atoms with Crippen molar-refractivity contribution >= 4 is 18.3 Å². The summed E-state index contributed by atoms with van der Waals surface area (Å²) in [6.07, 6.45) is 1.94. The van der Waals surface area contributed by atoms with Gasteiger partial charge in [0.15, 0.2) is 0 Å². The number of hydrogen-bond donors (Lipinski definition) is 2. The molecule has 5 nitrogen and oxygen atoms in total. The Kier molecular flexibility index (Phi) is 6.96. The van der Waals surface area contributed by atoms with Crippen LogP contribution in [0.3, 0.4) is 0 Å². The van der Waals surface area contributed by atoms with Gasteiger partial charge in [0.2, 0.25) is 0 Å². The molecule has 2 aromatic rings. The lowest BCUT2D eigenvalue weighted by Crippen LogP contribution is -2.62. The van der Waals surface area contributed by atoms with Crippen molar-refractivity contribution in [3.63, 3.8) is 0 Å². The van der Waals surface area contributed by atoms with Crippen LogP contribution in [0.5, 0.6) is 0 Å². The number of carbonyl (C=O) groups excluding carboxylic acids is 1. The number of rotatable bonds is 5. The lowest BCUT2D eigenvalue weighted by atomic mass is 9.58. The summed E-state index contributed by atoms with van der Waals surface area (Å²) < 4.78 is 5.85. The van der Waals surface area contributed by atoms with Gasteiger partial charge in [-0.15, -0.1) is 12.4 Å². The molecule has 2 aromatic carbocycles. The Morgan fingerprint density at radius 3 is 2.45 bits per heavy atom. The average molecular weight is 417 g/mol. The van der Waals surface area contributed by atoms with Crippen LogP contribution >= 0.6 is 12.4 Å². The Labute approximate surface area is 178 Å². The van der Waals surface area contributed by atoms with Crippen molar-refractivity contribution in [3.8, 4) is 11.1 Å². The van der Waals surface area contributed by atoms with Crippen LogP contribution in [-0.2, 0) is 4.74 Å². The molecular weight excluding hydrogens is 388 g/mol. The molecule has 4 rings (SSSR count). The molecule has 2 fully saturated rings. The molecule has 2 atom stereocenters. The topological polar surface area (TPSA) is 75.8 Å². The minimum absolute atomic E-state index is 0. The summed E-state index contributed by atoms with van der Waals surface area (Å²) in [7, 11) is 0. The number of benzene rings is 2. The Morgan fingerprint density at radius 2 is 1.79 bits per heavy atom. The molecular formula is C23H29ClN2O3. The maximum Gasteiger partial charge on any atom is 0.253 e. The fourth-order valence-corrected chi connectivity index (χ4v) is 4.60. The van der Waals surface area contributed by atoms with E-state index in [2.05, 4.69) is 0 Å². The van der Waals surface area contributed by atoms with Crippen LogP contribution in [0.15, 0.2) is 54.6 Å². The summed E-state index contributed by atoms with van der Waals surface area (Å²) in [6, 6.07) is 17.9. The van der Waals surface area contributed by atoms with E-state index in [1.807, 2.05) is 59.5 Å². The van der Waals surface area contributed by atoms with E-state index in [9.17, 15) is 9.90 Å². The molecule has 0 radical (unpaired) electrons. The molecule has 2 aliphatic rings. The Morgan fingerprint density at radius 1 is 1.10 bits per heavy atom. The monoisotopic (exact) mass is 416 g/mol. The number of nitrogens with two attached hydrogens (primary N) is 1. The molecule has 156 valence electrons. The van der Waals surface area contributed by atoms with Crippen LogP contribution < -0.4 is 5.73 Å². The van der Waals surface area contributed by atoms with Crippen molar-refractivity contribution in [2.24, 2.45) is 11.1 Å². The first-order chi connectivity index (χ1) is 13.6. The van der Waals surface area contributed by atoms with Gasteiger partial charge in [-0.1, -0.05) is 42.5 Å². The standard InChI is InChI=1S/C23H28N2O3.ClH/c24-11-14-28-21-16-20(26)23(21)9-12-25(13-10-23)22(27)19-8-4-7-18(15-19)17-5-2-1-3-6-17;/h1-8,15,20-21,26H,9-14,16,24H2;1H/t20-,21+;/m1./s1. The SMILES string of the molecule is Cl.NCCO[C@H]1C[C@@H](O)C12CCN(C(=O)c1cccc(-c3ccccc3)c1)CC2. The van der Waals surface area contributed by atoms with Gasteiger partial charge < -0.3 is 20.5 Å². The van der Waals surface area contributed by atoms with Gasteiger partial charge in [0.05, 0.1) is 18.8 Å². The van der Waals surface area contributed by atoms with Crippen molar-refractivity contribution in [1.29, 1.82) is 0 Å². The van der Waals surface area contributed by atoms with Crippen LogP contribution in [0, 0.1) is 5.41 Å². The van der Waals surface area contributed by atoms with Gasteiger partial charge in [-0.25, -0.2) is 0 Å². The summed E-state index contributed by atoms with van der Waals surface area (Å²) in [5.41, 5.74) is 8.20. The van der Waals surface area contributed by atoms with Crippen LogP contribution in [0.4, 0.5) is 0 Å². The van der Waals surface area contributed by atoms with Crippen molar-refractivity contribution in [2.45, 2.75) is 31.5 Å². The van der Waals surface area contributed by atoms with E-state index >= 15 is 0 Å². The molecule has 1 heterocycles. The van der Waals surface area contributed by atoms with Gasteiger partial charge in [-0.2, -0.15) is 0 Å².